The quantitative estimate of drug-likeness (QED) is 0.775. The first-order valence-electron chi connectivity index (χ1n) is 5.60. The van der Waals surface area contributed by atoms with Gasteiger partial charge >= 0.3 is 0 Å². The minimum absolute atomic E-state index is 0.207. The third-order valence-corrected chi connectivity index (χ3v) is 6.97. The van der Waals surface area contributed by atoms with Crippen LogP contribution >= 0.6 is 21.6 Å². The molecule has 4 nitrogen and oxygen atoms in total. The Morgan fingerprint density at radius 2 is 1.65 bits per heavy atom. The molecule has 0 radical (unpaired) electrons. The average Bonchev–Trinajstić information content (AvgIpc) is 2.66. The van der Waals surface area contributed by atoms with E-state index < -0.39 is 26.6 Å². The molecule has 1 aliphatic rings. The summed E-state index contributed by atoms with van der Waals surface area (Å²) in [4.78, 5) is -0.978. The van der Waals surface area contributed by atoms with E-state index in [4.69, 9.17) is 5.26 Å². The number of benzene rings is 1. The van der Waals surface area contributed by atoms with Gasteiger partial charge in [0.05, 0.1) is 11.6 Å². The summed E-state index contributed by atoms with van der Waals surface area (Å²) in [5.41, 5.74) is -0.249. The molecule has 0 saturated carbocycles. The van der Waals surface area contributed by atoms with Crippen LogP contribution in [0.1, 0.15) is 5.56 Å². The highest BCUT2D eigenvalue weighted by molar-refractivity contribution is 8.76. The molecule has 2 rings (SSSR count). The third kappa shape index (κ3) is 3.09. The molecule has 0 atom stereocenters. The van der Waals surface area contributed by atoms with Crippen LogP contribution in [-0.4, -0.2) is 37.3 Å². The largest absolute Gasteiger partial charge is 0.248 e. The monoisotopic (exact) mass is 336 g/mol. The highest BCUT2D eigenvalue weighted by Crippen LogP contribution is 2.29. The Hall–Kier alpha value is -0.820. The molecule has 0 aliphatic carbocycles. The Morgan fingerprint density at radius 1 is 1.15 bits per heavy atom. The van der Waals surface area contributed by atoms with Gasteiger partial charge in [-0.1, -0.05) is 21.6 Å². The molecule has 1 saturated heterocycles. The number of rotatable bonds is 2. The van der Waals surface area contributed by atoms with E-state index in [1.807, 2.05) is 0 Å². The Labute approximate surface area is 123 Å². The Morgan fingerprint density at radius 3 is 2.10 bits per heavy atom. The maximum absolute atomic E-state index is 13.8. The van der Waals surface area contributed by atoms with E-state index in [1.165, 1.54) is 21.6 Å². The maximum atomic E-state index is 13.8. The van der Waals surface area contributed by atoms with E-state index >= 15 is 0 Å². The van der Waals surface area contributed by atoms with Gasteiger partial charge in [0.1, 0.15) is 11.6 Å². The van der Waals surface area contributed by atoms with Crippen molar-refractivity contribution in [3.05, 3.63) is 29.3 Å². The van der Waals surface area contributed by atoms with Gasteiger partial charge in [-0.3, -0.25) is 0 Å². The second-order valence-electron chi connectivity index (χ2n) is 3.93. The zero-order valence-corrected chi connectivity index (χ0v) is 12.6. The summed E-state index contributed by atoms with van der Waals surface area (Å²) in [5.74, 6) is -1.34. The summed E-state index contributed by atoms with van der Waals surface area (Å²) in [5, 5.41) is 8.62. The van der Waals surface area contributed by atoms with E-state index in [0.717, 1.165) is 16.4 Å². The fraction of sp³-hybridized carbons (Fsp3) is 0.364. The lowest BCUT2D eigenvalue weighted by Gasteiger charge is -2.20. The second kappa shape index (κ2) is 6.30. The molecule has 1 fully saturated rings. The molecular weight excluding hydrogens is 326 g/mol. The fourth-order valence-corrected chi connectivity index (χ4v) is 5.49. The topological polar surface area (TPSA) is 61.2 Å². The molecule has 1 aliphatic heterocycles. The van der Waals surface area contributed by atoms with Crippen LogP contribution in [0.15, 0.2) is 17.0 Å². The number of nitrogens with zero attached hydrogens (tertiary/aromatic N) is 2. The van der Waals surface area contributed by atoms with Crippen molar-refractivity contribution in [1.82, 2.24) is 4.31 Å². The zero-order chi connectivity index (χ0) is 14.8. The summed E-state index contributed by atoms with van der Waals surface area (Å²) in [6.07, 6.45) is 0. The predicted octanol–water partition coefficient (Wildman–Crippen LogP) is 2.22. The van der Waals surface area contributed by atoms with E-state index in [0.29, 0.717) is 11.5 Å². The molecule has 9 heteroatoms. The van der Waals surface area contributed by atoms with E-state index in [9.17, 15) is 17.2 Å². The van der Waals surface area contributed by atoms with Crippen LogP contribution in [0.5, 0.6) is 0 Å². The SMILES string of the molecule is N#Cc1cc(F)c(S(=O)(=O)N2CCSSCC2)c(F)c1. The van der Waals surface area contributed by atoms with Crippen molar-refractivity contribution in [3.63, 3.8) is 0 Å². The molecule has 0 spiro atoms. The Kier molecular flexibility index (Phi) is 4.90. The normalized spacial score (nSPS) is 17.4. The first kappa shape index (κ1) is 15.6. The molecule has 108 valence electrons. The first-order chi connectivity index (χ1) is 9.46. The lowest BCUT2D eigenvalue weighted by Crippen LogP contribution is -2.35. The Balaban J connectivity index is 2.46. The van der Waals surface area contributed by atoms with Crippen LogP contribution in [-0.2, 0) is 10.0 Å². The predicted molar refractivity (Wildman–Crippen MR) is 74.7 cm³/mol. The van der Waals surface area contributed by atoms with Gasteiger partial charge in [0, 0.05) is 24.6 Å². The number of halogens is 2. The lowest BCUT2D eigenvalue weighted by molar-refractivity contribution is 0.436. The minimum Gasteiger partial charge on any atom is -0.207 e. The summed E-state index contributed by atoms with van der Waals surface area (Å²) >= 11 is 0. The first-order valence-corrected chi connectivity index (χ1v) is 9.53. The smallest absolute Gasteiger partial charge is 0.207 e. The highest BCUT2D eigenvalue weighted by Gasteiger charge is 2.31. The van der Waals surface area contributed by atoms with Crippen molar-refractivity contribution in [2.75, 3.05) is 24.6 Å². The molecular formula is C11H10F2N2O2S3. The van der Waals surface area contributed by atoms with Crippen molar-refractivity contribution in [1.29, 1.82) is 5.26 Å². The van der Waals surface area contributed by atoms with Crippen molar-refractivity contribution in [3.8, 4) is 6.07 Å². The van der Waals surface area contributed by atoms with Gasteiger partial charge in [0.15, 0.2) is 4.90 Å². The molecule has 0 N–H and O–H groups in total. The van der Waals surface area contributed by atoms with E-state index in [2.05, 4.69) is 0 Å². The van der Waals surface area contributed by atoms with E-state index in [1.54, 1.807) is 6.07 Å². The van der Waals surface area contributed by atoms with Gasteiger partial charge < -0.3 is 0 Å². The molecule has 1 aromatic carbocycles. The van der Waals surface area contributed by atoms with Gasteiger partial charge in [-0.15, -0.1) is 0 Å². The average molecular weight is 336 g/mol. The maximum Gasteiger partial charge on any atom is 0.248 e. The van der Waals surface area contributed by atoms with Crippen LogP contribution in [0.25, 0.3) is 0 Å². The van der Waals surface area contributed by atoms with Crippen LogP contribution in [0.3, 0.4) is 0 Å². The molecule has 0 bridgehead atoms. The van der Waals surface area contributed by atoms with Crippen LogP contribution in [0.4, 0.5) is 8.78 Å². The Bertz CT molecular complexity index is 627. The molecule has 20 heavy (non-hydrogen) atoms. The van der Waals surface area contributed by atoms with Crippen LogP contribution in [0, 0.1) is 23.0 Å². The summed E-state index contributed by atoms with van der Waals surface area (Å²) < 4.78 is 53.4. The van der Waals surface area contributed by atoms with Crippen molar-refractivity contribution >= 4 is 31.6 Å². The fourth-order valence-electron chi connectivity index (χ4n) is 1.75. The summed E-state index contributed by atoms with van der Waals surface area (Å²) in [6, 6.07) is 3.05. The number of hydrogen-bond donors (Lipinski definition) is 0. The molecule has 1 heterocycles. The summed E-state index contributed by atoms with van der Waals surface area (Å²) in [7, 11) is -1.17. The minimum atomic E-state index is -4.22. The lowest BCUT2D eigenvalue weighted by atomic mass is 10.2. The molecule has 0 amide bonds. The highest BCUT2D eigenvalue weighted by atomic mass is 33.1. The van der Waals surface area contributed by atoms with E-state index in [-0.39, 0.29) is 18.7 Å². The third-order valence-electron chi connectivity index (χ3n) is 2.66. The second-order valence-corrected chi connectivity index (χ2v) is 8.51. The standard InChI is InChI=1S/C11H10F2N2O2S3/c12-9-5-8(7-14)6-10(13)11(9)20(16,17)15-1-3-18-19-4-2-15/h5-6H,1-4H2. The van der Waals surface area contributed by atoms with Gasteiger partial charge in [-0.25, -0.2) is 17.2 Å². The van der Waals surface area contributed by atoms with Gasteiger partial charge in [0.25, 0.3) is 0 Å². The molecule has 0 aromatic heterocycles. The number of sulfonamides is 1. The summed E-state index contributed by atoms with van der Waals surface area (Å²) in [6.45, 7) is 0.414. The van der Waals surface area contributed by atoms with Crippen molar-refractivity contribution < 1.29 is 17.2 Å². The van der Waals surface area contributed by atoms with Gasteiger partial charge in [-0.05, 0) is 12.1 Å². The number of nitriles is 1. The number of hydrogen-bond acceptors (Lipinski definition) is 5. The van der Waals surface area contributed by atoms with Crippen LogP contribution < -0.4 is 0 Å². The zero-order valence-electron chi connectivity index (χ0n) is 10.2. The van der Waals surface area contributed by atoms with Gasteiger partial charge in [0.2, 0.25) is 10.0 Å². The van der Waals surface area contributed by atoms with Crippen LogP contribution in [0.2, 0.25) is 0 Å². The van der Waals surface area contributed by atoms with Crippen molar-refractivity contribution in [2.24, 2.45) is 0 Å². The van der Waals surface area contributed by atoms with Gasteiger partial charge in [-0.2, -0.15) is 9.57 Å². The molecule has 0 unspecified atom stereocenters. The van der Waals surface area contributed by atoms with Crippen molar-refractivity contribution in [2.45, 2.75) is 4.90 Å². The molecule has 1 aromatic rings.